The minimum atomic E-state index is -0.176. The number of phenolic OH excluding ortho intramolecular Hbond substituents is 1. The maximum atomic E-state index is 12.3. The summed E-state index contributed by atoms with van der Waals surface area (Å²) in [4.78, 5) is 22.2. The Morgan fingerprint density at radius 1 is 1.16 bits per heavy atom. The van der Waals surface area contributed by atoms with Crippen LogP contribution < -0.4 is 11.1 Å². The zero-order valence-corrected chi connectivity index (χ0v) is 17.0. The number of nitrogens with two attached hydrogens (primary N) is 1. The first-order chi connectivity index (χ1) is 15.0. The lowest BCUT2D eigenvalue weighted by Crippen LogP contribution is -2.33. The highest BCUT2D eigenvalue weighted by Crippen LogP contribution is 2.22. The second-order valence-corrected chi connectivity index (χ2v) is 6.78. The van der Waals surface area contributed by atoms with Crippen LogP contribution in [-0.4, -0.2) is 44.7 Å². The first-order valence-corrected chi connectivity index (χ1v) is 9.67. The number of carbonyl (C=O) groups is 1. The Bertz CT molecular complexity index is 1070. The molecule has 0 spiro atoms. The Hall–Kier alpha value is -4.20. The van der Waals surface area contributed by atoms with Crippen LogP contribution in [-0.2, 0) is 11.3 Å². The smallest absolute Gasteiger partial charge is 0.246 e. The van der Waals surface area contributed by atoms with Gasteiger partial charge in [0, 0.05) is 25.2 Å². The fraction of sp³-hybridized carbons (Fsp3) is 0.130. The first kappa shape index (κ1) is 21.5. The molecule has 0 aliphatic rings. The molecule has 3 rings (SSSR count). The zero-order chi connectivity index (χ0) is 22.2. The van der Waals surface area contributed by atoms with E-state index in [9.17, 15) is 9.90 Å². The molecule has 8 nitrogen and oxygen atoms in total. The third kappa shape index (κ3) is 5.45. The van der Waals surface area contributed by atoms with Crippen molar-refractivity contribution in [3.8, 4) is 5.75 Å². The third-order valence-electron chi connectivity index (χ3n) is 4.66. The maximum absolute atomic E-state index is 12.3. The Labute approximate surface area is 180 Å². The van der Waals surface area contributed by atoms with E-state index in [0.717, 1.165) is 5.56 Å². The van der Waals surface area contributed by atoms with Crippen LogP contribution in [0.5, 0.6) is 5.75 Å². The number of anilines is 2. The lowest BCUT2D eigenvalue weighted by Gasteiger charge is -2.22. The second-order valence-electron chi connectivity index (χ2n) is 6.78. The van der Waals surface area contributed by atoms with Crippen molar-refractivity contribution in [3.63, 3.8) is 0 Å². The normalized spacial score (nSPS) is 10.3. The number of hydrogen-bond acceptors (Lipinski definition) is 7. The number of carbonyl (C=O) groups excluding carboxylic acids is 1. The van der Waals surface area contributed by atoms with Gasteiger partial charge in [-0.1, -0.05) is 36.9 Å². The van der Waals surface area contributed by atoms with Crippen LogP contribution in [0.2, 0.25) is 0 Å². The Morgan fingerprint density at radius 2 is 1.87 bits per heavy atom. The molecule has 0 saturated carbocycles. The van der Waals surface area contributed by atoms with Gasteiger partial charge in [-0.25, -0.2) is 9.97 Å². The highest BCUT2D eigenvalue weighted by Gasteiger charge is 2.17. The fourth-order valence-electron chi connectivity index (χ4n) is 3.06. The molecule has 1 aromatic heterocycles. The molecular weight excluding hydrogens is 392 g/mol. The number of phenols is 1. The van der Waals surface area contributed by atoms with Crippen LogP contribution in [0.3, 0.4) is 0 Å². The standard InChI is InChI=1S/C23H24N6O2/c1-2-19(31)29(14-16-6-4-3-5-7-16)13-12-26-23-20(22(25)27-15-28-23)21(24)17-8-10-18(30)11-9-17/h2-11,15,24,30H,1,12-14H2,(H3,25,26,27,28). The first-order valence-electron chi connectivity index (χ1n) is 9.67. The Balaban J connectivity index is 1.74. The summed E-state index contributed by atoms with van der Waals surface area (Å²) in [5, 5.41) is 21.2. The molecule has 0 radical (unpaired) electrons. The molecule has 0 saturated heterocycles. The molecule has 1 heterocycles. The number of rotatable bonds is 9. The molecule has 1 amide bonds. The van der Waals surface area contributed by atoms with E-state index in [4.69, 9.17) is 11.1 Å². The van der Waals surface area contributed by atoms with E-state index >= 15 is 0 Å². The van der Waals surface area contributed by atoms with Crippen molar-refractivity contribution in [1.29, 1.82) is 5.41 Å². The lowest BCUT2D eigenvalue weighted by atomic mass is 10.0. The number of aromatic hydroxyl groups is 1. The summed E-state index contributed by atoms with van der Waals surface area (Å²) in [7, 11) is 0. The highest BCUT2D eigenvalue weighted by atomic mass is 16.3. The summed E-state index contributed by atoms with van der Waals surface area (Å²) in [6, 6.07) is 15.9. The van der Waals surface area contributed by atoms with Gasteiger partial charge in [-0.2, -0.15) is 0 Å². The molecule has 2 aromatic carbocycles. The van der Waals surface area contributed by atoms with Gasteiger partial charge < -0.3 is 21.1 Å². The van der Waals surface area contributed by atoms with Crippen LogP contribution in [0.1, 0.15) is 16.7 Å². The maximum Gasteiger partial charge on any atom is 0.246 e. The van der Waals surface area contributed by atoms with Gasteiger partial charge in [0.15, 0.2) is 0 Å². The van der Waals surface area contributed by atoms with Crippen molar-refractivity contribution in [2.75, 3.05) is 24.1 Å². The Morgan fingerprint density at radius 3 is 2.55 bits per heavy atom. The second kappa shape index (κ2) is 10.0. The number of hydrogen-bond donors (Lipinski definition) is 4. The molecule has 0 bridgehead atoms. The van der Waals surface area contributed by atoms with E-state index in [-0.39, 0.29) is 23.2 Å². The van der Waals surface area contributed by atoms with E-state index in [0.29, 0.717) is 36.6 Å². The van der Waals surface area contributed by atoms with Crippen LogP contribution >= 0.6 is 0 Å². The molecule has 0 fully saturated rings. The summed E-state index contributed by atoms with van der Waals surface area (Å²) < 4.78 is 0. The summed E-state index contributed by atoms with van der Waals surface area (Å²) in [5.74, 6) is 0.498. The average Bonchev–Trinajstić information content (AvgIpc) is 2.79. The molecule has 8 heteroatoms. The van der Waals surface area contributed by atoms with Gasteiger partial charge in [-0.3, -0.25) is 10.2 Å². The van der Waals surface area contributed by atoms with E-state index < -0.39 is 0 Å². The van der Waals surface area contributed by atoms with E-state index in [1.807, 2.05) is 30.3 Å². The Kier molecular flexibility index (Phi) is 6.95. The minimum absolute atomic E-state index is 0.109. The van der Waals surface area contributed by atoms with E-state index in [1.54, 1.807) is 17.0 Å². The van der Waals surface area contributed by atoms with Crippen molar-refractivity contribution in [2.45, 2.75) is 6.54 Å². The number of benzene rings is 2. The number of nitrogens with one attached hydrogen (secondary N) is 2. The summed E-state index contributed by atoms with van der Waals surface area (Å²) >= 11 is 0. The molecule has 31 heavy (non-hydrogen) atoms. The summed E-state index contributed by atoms with van der Waals surface area (Å²) in [6.07, 6.45) is 2.61. The van der Waals surface area contributed by atoms with Crippen molar-refractivity contribution in [1.82, 2.24) is 14.9 Å². The molecule has 0 unspecified atom stereocenters. The zero-order valence-electron chi connectivity index (χ0n) is 17.0. The van der Waals surface area contributed by atoms with Crippen molar-refractivity contribution < 1.29 is 9.90 Å². The number of amides is 1. The van der Waals surface area contributed by atoms with Crippen molar-refractivity contribution in [2.24, 2.45) is 0 Å². The molecule has 3 aromatic rings. The van der Waals surface area contributed by atoms with Gasteiger partial charge in [0.1, 0.15) is 23.7 Å². The van der Waals surface area contributed by atoms with Crippen molar-refractivity contribution in [3.05, 3.63) is 90.3 Å². The van der Waals surface area contributed by atoms with Gasteiger partial charge in [-0.15, -0.1) is 0 Å². The number of nitrogen functional groups attached to an aromatic ring is 1. The highest BCUT2D eigenvalue weighted by molar-refractivity contribution is 6.16. The monoisotopic (exact) mass is 416 g/mol. The van der Waals surface area contributed by atoms with Gasteiger partial charge >= 0.3 is 0 Å². The third-order valence-corrected chi connectivity index (χ3v) is 4.66. The lowest BCUT2D eigenvalue weighted by molar-refractivity contribution is -0.126. The molecule has 0 aliphatic carbocycles. The van der Waals surface area contributed by atoms with Crippen molar-refractivity contribution >= 4 is 23.3 Å². The van der Waals surface area contributed by atoms with Crippen LogP contribution in [0.25, 0.3) is 0 Å². The quantitative estimate of drug-likeness (QED) is 0.314. The summed E-state index contributed by atoms with van der Waals surface area (Å²) in [6.45, 7) is 4.82. The van der Waals surface area contributed by atoms with Gasteiger partial charge in [-0.05, 0) is 35.9 Å². The molecule has 158 valence electrons. The van der Waals surface area contributed by atoms with Crippen LogP contribution in [0.4, 0.5) is 11.6 Å². The average molecular weight is 416 g/mol. The molecule has 0 aliphatic heterocycles. The SMILES string of the molecule is C=CC(=O)N(CCNc1ncnc(N)c1C(=N)c1ccc(O)cc1)Cc1ccccc1. The topological polar surface area (TPSA) is 128 Å². The fourth-order valence-corrected chi connectivity index (χ4v) is 3.06. The molecule has 5 N–H and O–H groups in total. The summed E-state index contributed by atoms with van der Waals surface area (Å²) in [5.41, 5.74) is 8.10. The number of nitrogens with zero attached hydrogens (tertiary/aromatic N) is 3. The predicted octanol–water partition coefficient (Wildman–Crippen LogP) is 2.81. The predicted molar refractivity (Wildman–Crippen MR) is 121 cm³/mol. The van der Waals surface area contributed by atoms with E-state index in [1.165, 1.54) is 24.5 Å². The minimum Gasteiger partial charge on any atom is -0.508 e. The molecule has 0 atom stereocenters. The van der Waals surface area contributed by atoms with Gasteiger partial charge in [0.2, 0.25) is 5.91 Å². The van der Waals surface area contributed by atoms with Crippen LogP contribution in [0.15, 0.2) is 73.6 Å². The van der Waals surface area contributed by atoms with E-state index in [2.05, 4.69) is 21.9 Å². The molecular formula is C23H24N6O2. The van der Waals surface area contributed by atoms with Crippen LogP contribution in [0, 0.1) is 5.41 Å². The van der Waals surface area contributed by atoms with Gasteiger partial charge in [0.05, 0.1) is 11.3 Å². The van der Waals surface area contributed by atoms with Gasteiger partial charge in [0.25, 0.3) is 0 Å². The number of aromatic nitrogens is 2. The largest absolute Gasteiger partial charge is 0.508 e.